The van der Waals surface area contributed by atoms with E-state index in [0.717, 1.165) is 16.5 Å². The Bertz CT molecular complexity index is 841. The van der Waals surface area contributed by atoms with Gasteiger partial charge < -0.3 is 10.7 Å². The molecule has 0 saturated carbocycles. The van der Waals surface area contributed by atoms with Gasteiger partial charge >= 0.3 is 0 Å². The number of hydrogen-bond acceptors (Lipinski definition) is 2. The van der Waals surface area contributed by atoms with Crippen molar-refractivity contribution in [3.8, 4) is 0 Å². The number of anilines is 1. The molecule has 3 rings (SSSR count). The van der Waals surface area contributed by atoms with Crippen LogP contribution in [0.2, 0.25) is 0 Å². The number of nitrogens with two attached hydrogens (primary N) is 1. The van der Waals surface area contributed by atoms with E-state index in [4.69, 9.17) is 5.73 Å². The number of ketones is 1. The minimum atomic E-state index is -0.464. The number of rotatable bonds is 2. The second-order valence-electron chi connectivity index (χ2n) is 5.25. The summed E-state index contributed by atoms with van der Waals surface area (Å²) in [4.78, 5) is 15.7. The number of aryl methyl sites for hydroxylation is 1. The van der Waals surface area contributed by atoms with E-state index in [-0.39, 0.29) is 17.0 Å². The standard InChI is InChI=1S/C17H15FN2O/c1-9-3-4-12-13(8-20-16(12)5-9)17(21)11-6-14(18)10(2)15(19)7-11/h3-8,20H,19H2,1-2H3. The van der Waals surface area contributed by atoms with Gasteiger partial charge in [-0.2, -0.15) is 0 Å². The summed E-state index contributed by atoms with van der Waals surface area (Å²) in [6.07, 6.45) is 1.65. The molecule has 0 atom stereocenters. The van der Waals surface area contributed by atoms with Crippen LogP contribution in [0.5, 0.6) is 0 Å². The van der Waals surface area contributed by atoms with Crippen LogP contribution in [0.25, 0.3) is 10.9 Å². The summed E-state index contributed by atoms with van der Waals surface area (Å²) in [6.45, 7) is 3.57. The molecule has 1 heterocycles. The summed E-state index contributed by atoms with van der Waals surface area (Å²) in [7, 11) is 0. The number of nitrogen functional groups attached to an aromatic ring is 1. The maximum absolute atomic E-state index is 13.8. The molecule has 0 fully saturated rings. The Labute approximate surface area is 121 Å². The average Bonchev–Trinajstić information content (AvgIpc) is 2.86. The van der Waals surface area contributed by atoms with E-state index in [1.54, 1.807) is 13.1 Å². The summed E-state index contributed by atoms with van der Waals surface area (Å²) in [5.74, 6) is -0.704. The maximum Gasteiger partial charge on any atom is 0.195 e. The quantitative estimate of drug-likeness (QED) is 0.555. The molecular formula is C17H15FN2O. The van der Waals surface area contributed by atoms with Gasteiger partial charge in [0.05, 0.1) is 0 Å². The highest BCUT2D eigenvalue weighted by Crippen LogP contribution is 2.24. The van der Waals surface area contributed by atoms with Crippen LogP contribution in [0.3, 0.4) is 0 Å². The van der Waals surface area contributed by atoms with Crippen LogP contribution in [-0.2, 0) is 0 Å². The smallest absolute Gasteiger partial charge is 0.195 e. The van der Waals surface area contributed by atoms with Crippen molar-refractivity contribution < 1.29 is 9.18 Å². The van der Waals surface area contributed by atoms with Crippen LogP contribution < -0.4 is 5.73 Å². The van der Waals surface area contributed by atoms with Crippen LogP contribution in [0.4, 0.5) is 10.1 Å². The summed E-state index contributed by atoms with van der Waals surface area (Å²) >= 11 is 0. The molecule has 0 aliphatic carbocycles. The van der Waals surface area contributed by atoms with E-state index in [1.165, 1.54) is 12.1 Å². The highest BCUT2D eigenvalue weighted by atomic mass is 19.1. The van der Waals surface area contributed by atoms with Gasteiger partial charge in [-0.3, -0.25) is 4.79 Å². The SMILES string of the molecule is Cc1ccc2c(C(=O)c3cc(N)c(C)c(F)c3)c[nH]c2c1. The minimum Gasteiger partial charge on any atom is -0.398 e. The molecule has 1 aromatic heterocycles. The van der Waals surface area contributed by atoms with Crippen molar-refractivity contribution in [2.45, 2.75) is 13.8 Å². The summed E-state index contributed by atoms with van der Waals surface area (Å²) < 4.78 is 13.8. The third-order valence-electron chi connectivity index (χ3n) is 3.73. The molecule has 2 aromatic carbocycles. The first-order valence-electron chi connectivity index (χ1n) is 6.65. The Balaban J connectivity index is 2.13. The van der Waals surface area contributed by atoms with Gasteiger partial charge in [-0.15, -0.1) is 0 Å². The van der Waals surface area contributed by atoms with Crippen molar-refractivity contribution >= 4 is 22.4 Å². The molecule has 21 heavy (non-hydrogen) atoms. The predicted molar refractivity (Wildman–Crippen MR) is 82.0 cm³/mol. The Morgan fingerprint density at radius 3 is 2.67 bits per heavy atom. The summed E-state index contributed by atoms with van der Waals surface area (Å²) in [5.41, 5.74) is 9.17. The monoisotopic (exact) mass is 282 g/mol. The van der Waals surface area contributed by atoms with Crippen molar-refractivity contribution in [3.05, 3.63) is 64.6 Å². The van der Waals surface area contributed by atoms with E-state index < -0.39 is 5.82 Å². The number of fused-ring (bicyclic) bond motifs is 1. The van der Waals surface area contributed by atoms with Crippen molar-refractivity contribution in [2.75, 3.05) is 5.73 Å². The van der Waals surface area contributed by atoms with Crippen molar-refractivity contribution in [1.82, 2.24) is 4.98 Å². The summed E-state index contributed by atoms with van der Waals surface area (Å²) in [5, 5.41) is 0.824. The number of benzene rings is 2. The lowest BCUT2D eigenvalue weighted by molar-refractivity contribution is 0.104. The molecule has 3 N–H and O–H groups in total. The van der Waals surface area contributed by atoms with Gasteiger partial charge in [-0.05, 0) is 37.6 Å². The fourth-order valence-electron chi connectivity index (χ4n) is 2.41. The molecular weight excluding hydrogens is 267 g/mol. The van der Waals surface area contributed by atoms with Gasteiger partial charge in [-0.1, -0.05) is 12.1 Å². The van der Waals surface area contributed by atoms with E-state index in [0.29, 0.717) is 11.1 Å². The van der Waals surface area contributed by atoms with Crippen LogP contribution in [-0.4, -0.2) is 10.8 Å². The van der Waals surface area contributed by atoms with Crippen LogP contribution in [0.15, 0.2) is 36.5 Å². The van der Waals surface area contributed by atoms with Crippen LogP contribution in [0.1, 0.15) is 27.0 Å². The molecule has 0 spiro atoms. The first-order chi connectivity index (χ1) is 9.97. The van der Waals surface area contributed by atoms with Crippen molar-refractivity contribution in [1.29, 1.82) is 0 Å². The highest BCUT2D eigenvalue weighted by Gasteiger charge is 2.16. The number of halogens is 1. The molecule has 3 nitrogen and oxygen atoms in total. The largest absolute Gasteiger partial charge is 0.398 e. The molecule has 0 unspecified atom stereocenters. The number of carbonyl (C=O) groups excluding carboxylic acids is 1. The molecule has 0 bridgehead atoms. The Morgan fingerprint density at radius 1 is 1.19 bits per heavy atom. The third kappa shape index (κ3) is 2.18. The lowest BCUT2D eigenvalue weighted by atomic mass is 10.00. The van der Waals surface area contributed by atoms with Crippen molar-refractivity contribution in [3.63, 3.8) is 0 Å². The van der Waals surface area contributed by atoms with Gasteiger partial charge in [-0.25, -0.2) is 4.39 Å². The number of aromatic amines is 1. The molecule has 0 saturated heterocycles. The van der Waals surface area contributed by atoms with E-state index in [1.807, 2.05) is 25.1 Å². The lowest BCUT2D eigenvalue weighted by Gasteiger charge is -2.06. The predicted octanol–water partition coefficient (Wildman–Crippen LogP) is 3.74. The number of aromatic nitrogens is 1. The lowest BCUT2D eigenvalue weighted by Crippen LogP contribution is -2.04. The topological polar surface area (TPSA) is 58.9 Å². The fraction of sp³-hybridized carbons (Fsp3) is 0.118. The second-order valence-corrected chi connectivity index (χ2v) is 5.25. The van der Waals surface area contributed by atoms with Crippen LogP contribution >= 0.6 is 0 Å². The van der Waals surface area contributed by atoms with Gasteiger partial charge in [0, 0.05) is 39.5 Å². The third-order valence-corrected chi connectivity index (χ3v) is 3.73. The molecule has 0 amide bonds. The van der Waals surface area contributed by atoms with Gasteiger partial charge in [0.2, 0.25) is 0 Å². The summed E-state index contributed by atoms with van der Waals surface area (Å²) in [6, 6.07) is 8.56. The van der Waals surface area contributed by atoms with Crippen LogP contribution in [0, 0.1) is 19.7 Å². The van der Waals surface area contributed by atoms with Crippen molar-refractivity contribution in [2.24, 2.45) is 0 Å². The second kappa shape index (κ2) is 4.74. The first-order valence-corrected chi connectivity index (χ1v) is 6.65. The Hall–Kier alpha value is -2.62. The van der Waals surface area contributed by atoms with Gasteiger partial charge in [0.1, 0.15) is 5.82 Å². The molecule has 0 aliphatic heterocycles. The Kier molecular flexibility index (Phi) is 3.01. The zero-order valence-corrected chi connectivity index (χ0v) is 11.8. The van der Waals surface area contributed by atoms with E-state index >= 15 is 0 Å². The maximum atomic E-state index is 13.8. The molecule has 0 aliphatic rings. The first kappa shape index (κ1) is 13.4. The number of nitrogens with one attached hydrogen (secondary N) is 1. The average molecular weight is 282 g/mol. The molecule has 4 heteroatoms. The van der Waals surface area contributed by atoms with Gasteiger partial charge in [0.25, 0.3) is 0 Å². The van der Waals surface area contributed by atoms with E-state index in [9.17, 15) is 9.18 Å². The number of hydrogen-bond donors (Lipinski definition) is 2. The molecule has 3 aromatic rings. The minimum absolute atomic E-state index is 0.240. The number of carbonyl (C=O) groups is 1. The fourth-order valence-corrected chi connectivity index (χ4v) is 2.41. The normalized spacial score (nSPS) is 11.0. The zero-order valence-electron chi connectivity index (χ0n) is 11.8. The molecule has 106 valence electrons. The highest BCUT2D eigenvalue weighted by molar-refractivity contribution is 6.16. The zero-order chi connectivity index (χ0) is 15.1. The van der Waals surface area contributed by atoms with Gasteiger partial charge in [0.15, 0.2) is 5.78 Å². The number of H-pyrrole nitrogens is 1. The molecule has 0 radical (unpaired) electrons. The Morgan fingerprint density at radius 2 is 1.95 bits per heavy atom. The van der Waals surface area contributed by atoms with E-state index in [2.05, 4.69) is 4.98 Å².